The number of carbonyl (C=O) groups is 1. The molecule has 9 nitrogen and oxygen atoms in total. The lowest BCUT2D eigenvalue weighted by Gasteiger charge is -2.35. The zero-order chi connectivity index (χ0) is 26.2. The minimum Gasteiger partial charge on any atom is -0.493 e. The number of ether oxygens (including phenoxy) is 2. The molecule has 36 heavy (non-hydrogen) atoms. The van der Waals surface area contributed by atoms with Gasteiger partial charge in [-0.05, 0) is 36.7 Å². The number of anilines is 2. The molecule has 1 saturated heterocycles. The van der Waals surface area contributed by atoms with Crippen molar-refractivity contribution in [1.82, 2.24) is 14.9 Å². The van der Waals surface area contributed by atoms with Crippen LogP contribution in [-0.4, -0.2) is 67.7 Å². The first-order valence-corrected chi connectivity index (χ1v) is 11.7. The van der Waals surface area contributed by atoms with Crippen LogP contribution in [0.5, 0.6) is 11.5 Å². The second-order valence-electron chi connectivity index (χ2n) is 8.13. The highest BCUT2D eigenvalue weighted by Gasteiger charge is 2.25. The third-order valence-electron chi connectivity index (χ3n) is 5.75. The van der Waals surface area contributed by atoms with Crippen molar-refractivity contribution in [2.45, 2.75) is 19.8 Å². The highest BCUT2D eigenvalue weighted by atomic mass is 19.1. The van der Waals surface area contributed by atoms with E-state index in [0.717, 1.165) is 12.1 Å². The first kappa shape index (κ1) is 26.9. The average Bonchev–Trinajstić information content (AvgIpc) is 2.89. The maximum absolute atomic E-state index is 15.0. The van der Waals surface area contributed by atoms with E-state index in [9.17, 15) is 9.18 Å². The number of methoxy groups -OCH3 is 2. The fourth-order valence-corrected chi connectivity index (χ4v) is 3.90. The van der Waals surface area contributed by atoms with Crippen LogP contribution in [-0.2, 0) is 11.2 Å². The summed E-state index contributed by atoms with van der Waals surface area (Å²) in [5.74, 6) is -0.353. The van der Waals surface area contributed by atoms with E-state index >= 15 is 4.39 Å². The Morgan fingerprint density at radius 3 is 2.28 bits per heavy atom. The van der Waals surface area contributed by atoms with E-state index < -0.39 is 5.82 Å². The number of aromatic nitrogens is 2. The predicted octanol–water partition coefficient (Wildman–Crippen LogP) is 2.75. The summed E-state index contributed by atoms with van der Waals surface area (Å²) < 4.78 is 38.3. The van der Waals surface area contributed by atoms with E-state index in [2.05, 4.69) is 9.97 Å². The molecule has 11 heteroatoms. The summed E-state index contributed by atoms with van der Waals surface area (Å²) in [6.07, 6.45) is 0.895. The number of aryl methyl sites for hydroxylation is 1. The number of carbonyl (C=O) groups excluding carboxylic acids is 1. The molecule has 0 radical (unpaired) electrons. The number of piperazine rings is 1. The van der Waals surface area contributed by atoms with E-state index in [0.29, 0.717) is 50.4 Å². The molecule has 0 bridgehead atoms. The van der Waals surface area contributed by atoms with Crippen molar-refractivity contribution >= 4 is 28.6 Å². The molecule has 0 atom stereocenters. The summed E-state index contributed by atoms with van der Waals surface area (Å²) in [6, 6.07) is 7.70. The number of amides is 1. The monoisotopic (exact) mass is 502 g/mol. The number of hydrogen-bond acceptors (Lipinski definition) is 8. The molecule has 0 unspecified atom stereocenters. The lowest BCUT2D eigenvalue weighted by atomic mass is 10.1. The third-order valence-corrected chi connectivity index (χ3v) is 5.75. The Morgan fingerprint density at radius 2 is 1.69 bits per heavy atom. The van der Waals surface area contributed by atoms with Gasteiger partial charge in [-0.25, -0.2) is 13.8 Å². The van der Waals surface area contributed by atoms with Gasteiger partial charge in [-0.2, -0.15) is 4.98 Å². The van der Waals surface area contributed by atoms with Crippen molar-refractivity contribution in [3.05, 3.63) is 47.5 Å². The maximum atomic E-state index is 15.0. The van der Waals surface area contributed by atoms with Gasteiger partial charge in [-0.15, -0.1) is 0 Å². The molecule has 0 aliphatic carbocycles. The normalized spacial score (nSPS) is 13.3. The maximum Gasteiger partial charge on any atom is 0.228 e. The molecular formula is C25H32F2N6O3. The molecule has 3 aromatic rings. The topological polar surface area (TPSA) is 120 Å². The lowest BCUT2D eigenvalue weighted by molar-refractivity contribution is -0.131. The Kier molecular flexibility index (Phi) is 9.18. The summed E-state index contributed by atoms with van der Waals surface area (Å²) >= 11 is 0. The standard InChI is InChI=1S/C23H25F2N5O3.C2H7N/c1-32-17-13-16-20(19(25)21(17)33-2)27-23(28-22(16)26)30-11-9-29(10-12-30)18(31)8-5-14-3-6-15(24)7-4-14;1-2-3/h3-4,6-7,13H,5,8-12H2,1-2H3,(H2,26,27,28);2-3H2,1H3. The van der Waals surface area contributed by atoms with Crippen LogP contribution in [0, 0.1) is 11.6 Å². The molecule has 0 saturated carbocycles. The quantitative estimate of drug-likeness (QED) is 0.528. The molecule has 1 aliphatic heterocycles. The van der Waals surface area contributed by atoms with Gasteiger partial charge >= 0.3 is 0 Å². The Bertz CT molecular complexity index is 1180. The van der Waals surface area contributed by atoms with Crippen molar-refractivity contribution in [1.29, 1.82) is 0 Å². The first-order valence-electron chi connectivity index (χ1n) is 11.7. The molecule has 2 aromatic carbocycles. The summed E-state index contributed by atoms with van der Waals surface area (Å²) in [5, 5.41) is 0.337. The number of fused-ring (bicyclic) bond motifs is 1. The molecule has 1 aromatic heterocycles. The molecule has 0 spiro atoms. The van der Waals surface area contributed by atoms with Crippen molar-refractivity contribution in [2.75, 3.05) is 57.6 Å². The molecule has 4 rings (SSSR count). The van der Waals surface area contributed by atoms with Crippen molar-refractivity contribution < 1.29 is 23.0 Å². The molecular weight excluding hydrogens is 470 g/mol. The summed E-state index contributed by atoms with van der Waals surface area (Å²) in [6.45, 7) is 4.60. The van der Waals surface area contributed by atoms with Crippen LogP contribution in [0.4, 0.5) is 20.5 Å². The van der Waals surface area contributed by atoms with Crippen molar-refractivity contribution in [3.8, 4) is 11.5 Å². The van der Waals surface area contributed by atoms with Gasteiger partial charge in [0.15, 0.2) is 17.3 Å². The second-order valence-corrected chi connectivity index (χ2v) is 8.13. The number of hydrogen-bond donors (Lipinski definition) is 2. The van der Waals surface area contributed by atoms with Crippen LogP contribution in [0.15, 0.2) is 30.3 Å². The lowest BCUT2D eigenvalue weighted by Crippen LogP contribution is -2.49. The van der Waals surface area contributed by atoms with Gasteiger partial charge in [0.05, 0.1) is 14.2 Å². The summed E-state index contributed by atoms with van der Waals surface area (Å²) in [7, 11) is 2.76. The molecule has 194 valence electrons. The van der Waals surface area contributed by atoms with Crippen LogP contribution in [0.3, 0.4) is 0 Å². The molecule has 1 aliphatic rings. The number of nitrogen functional groups attached to an aromatic ring is 1. The van der Waals surface area contributed by atoms with Crippen LogP contribution in [0.25, 0.3) is 10.9 Å². The number of nitrogens with two attached hydrogens (primary N) is 2. The van der Waals surface area contributed by atoms with E-state index in [1.165, 1.54) is 26.4 Å². The molecule has 4 N–H and O–H groups in total. The zero-order valence-electron chi connectivity index (χ0n) is 20.8. The largest absolute Gasteiger partial charge is 0.493 e. The molecule has 2 heterocycles. The number of nitrogens with zero attached hydrogens (tertiary/aromatic N) is 4. The van der Waals surface area contributed by atoms with Gasteiger partial charge in [0.2, 0.25) is 11.9 Å². The van der Waals surface area contributed by atoms with Crippen LogP contribution in [0.2, 0.25) is 0 Å². The van der Waals surface area contributed by atoms with Gasteiger partial charge in [0.1, 0.15) is 17.2 Å². The van der Waals surface area contributed by atoms with Crippen molar-refractivity contribution in [3.63, 3.8) is 0 Å². The van der Waals surface area contributed by atoms with Gasteiger partial charge in [-0.3, -0.25) is 4.79 Å². The minimum absolute atomic E-state index is 0.0285. The second kappa shape index (κ2) is 12.3. The predicted molar refractivity (Wildman–Crippen MR) is 135 cm³/mol. The minimum atomic E-state index is -0.670. The van der Waals surface area contributed by atoms with Crippen LogP contribution in [0.1, 0.15) is 18.9 Å². The van der Waals surface area contributed by atoms with Gasteiger partial charge in [0, 0.05) is 38.0 Å². The van der Waals surface area contributed by atoms with Gasteiger partial charge < -0.3 is 30.7 Å². The molecule has 1 fully saturated rings. The SMILES string of the molecule is CCN.COc1cc2c(N)nc(N3CCN(C(=O)CCc4ccc(F)cc4)CC3)nc2c(F)c1OC. The Hall–Kier alpha value is -3.73. The number of halogens is 2. The molecule has 1 amide bonds. The Labute approximate surface area is 209 Å². The summed E-state index contributed by atoms with van der Waals surface area (Å²) in [4.78, 5) is 25.0. The third kappa shape index (κ3) is 6.09. The Morgan fingerprint density at radius 1 is 1.06 bits per heavy atom. The van der Waals surface area contributed by atoms with E-state index in [1.807, 2.05) is 11.8 Å². The smallest absolute Gasteiger partial charge is 0.228 e. The first-order chi connectivity index (χ1) is 17.3. The Balaban J connectivity index is 0.00000115. The fourth-order valence-electron chi connectivity index (χ4n) is 3.90. The van der Waals surface area contributed by atoms with Crippen LogP contribution < -0.4 is 25.8 Å². The van der Waals surface area contributed by atoms with Gasteiger partial charge in [0.25, 0.3) is 0 Å². The van der Waals surface area contributed by atoms with E-state index in [4.69, 9.17) is 20.9 Å². The van der Waals surface area contributed by atoms with Gasteiger partial charge in [-0.1, -0.05) is 19.1 Å². The van der Waals surface area contributed by atoms with E-state index in [-0.39, 0.29) is 34.6 Å². The van der Waals surface area contributed by atoms with Crippen molar-refractivity contribution in [2.24, 2.45) is 5.73 Å². The van der Waals surface area contributed by atoms with E-state index in [1.54, 1.807) is 23.1 Å². The number of rotatable bonds is 6. The zero-order valence-corrected chi connectivity index (χ0v) is 20.8. The highest BCUT2D eigenvalue weighted by Crippen LogP contribution is 2.37. The average molecular weight is 503 g/mol. The van der Waals surface area contributed by atoms with Crippen LogP contribution >= 0.6 is 0 Å². The highest BCUT2D eigenvalue weighted by molar-refractivity contribution is 5.92. The summed E-state index contributed by atoms with van der Waals surface area (Å²) in [5.41, 5.74) is 11.9. The fraction of sp³-hybridized carbons (Fsp3) is 0.400. The number of benzene rings is 2.